The average Bonchev–Trinajstić information content (AvgIpc) is 3.40. The highest BCUT2D eigenvalue weighted by molar-refractivity contribution is 6.36. The number of ether oxygens (including phenoxy) is 2. The fourth-order valence-electron chi connectivity index (χ4n) is 8.70. The van der Waals surface area contributed by atoms with Gasteiger partial charge < -0.3 is 19.7 Å². The van der Waals surface area contributed by atoms with Gasteiger partial charge in [0.25, 0.3) is 0 Å². The molecule has 4 fully saturated rings. The first kappa shape index (κ1) is 25.2. The molecule has 1 aromatic carbocycles. The number of aliphatic hydroxyl groups is 1. The van der Waals surface area contributed by atoms with E-state index in [1.807, 2.05) is 0 Å². The van der Waals surface area contributed by atoms with Crippen LogP contribution in [0.15, 0.2) is 28.8 Å². The van der Waals surface area contributed by atoms with E-state index in [1.54, 1.807) is 17.9 Å². The molecule has 0 radical (unpaired) electrons. The zero-order chi connectivity index (χ0) is 25.3. The molecule has 6 atom stereocenters. The molecule has 7 heteroatoms. The molecule has 5 aliphatic rings. The molecule has 0 aromatic heterocycles. The summed E-state index contributed by atoms with van der Waals surface area (Å²) in [6.07, 6.45) is 12.1. The van der Waals surface area contributed by atoms with Crippen molar-refractivity contribution in [3.05, 3.63) is 39.4 Å². The Morgan fingerprint density at radius 1 is 1.06 bits per heavy atom. The number of hydrogen-bond donors (Lipinski definition) is 2. The minimum absolute atomic E-state index is 0.0338. The summed E-state index contributed by atoms with van der Waals surface area (Å²) in [5.41, 5.74) is 1.19. The van der Waals surface area contributed by atoms with E-state index >= 15 is 0 Å². The van der Waals surface area contributed by atoms with Gasteiger partial charge >= 0.3 is 0 Å². The molecular formula is C29H37Cl2NO4. The largest absolute Gasteiger partial charge is 0.506 e. The maximum atomic E-state index is 12.0. The van der Waals surface area contributed by atoms with Crippen molar-refractivity contribution in [2.45, 2.75) is 76.6 Å². The Kier molecular flexibility index (Phi) is 6.09. The van der Waals surface area contributed by atoms with Gasteiger partial charge in [0.15, 0.2) is 5.79 Å². The first-order chi connectivity index (χ1) is 17.1. The number of allylic oxidation sites excluding steroid dienone is 1. The van der Waals surface area contributed by atoms with Gasteiger partial charge in [-0.1, -0.05) is 48.7 Å². The van der Waals surface area contributed by atoms with Crippen molar-refractivity contribution >= 4 is 29.4 Å². The Bertz CT molecular complexity index is 1110. The van der Waals surface area contributed by atoms with E-state index in [2.05, 4.69) is 24.9 Å². The number of rotatable bonds is 3. The second-order valence-corrected chi connectivity index (χ2v) is 13.2. The molecule has 196 valence electrons. The molecule has 0 amide bonds. The van der Waals surface area contributed by atoms with Crippen LogP contribution in [-0.4, -0.2) is 47.6 Å². The van der Waals surface area contributed by atoms with E-state index in [9.17, 15) is 10.2 Å². The maximum Gasteiger partial charge on any atom is 0.172 e. The Balaban J connectivity index is 1.21. The third-order valence-electron chi connectivity index (χ3n) is 10.9. The lowest BCUT2D eigenvalue weighted by molar-refractivity contribution is -0.187. The third kappa shape index (κ3) is 3.71. The van der Waals surface area contributed by atoms with Gasteiger partial charge in [0.05, 0.1) is 30.4 Å². The highest BCUT2D eigenvalue weighted by Gasteiger charge is 2.64. The predicted octanol–water partition coefficient (Wildman–Crippen LogP) is 6.55. The summed E-state index contributed by atoms with van der Waals surface area (Å²) >= 11 is 12.2. The maximum absolute atomic E-state index is 12.0. The van der Waals surface area contributed by atoms with Crippen LogP contribution in [0.2, 0.25) is 10.0 Å². The van der Waals surface area contributed by atoms with Crippen molar-refractivity contribution in [1.29, 1.82) is 0 Å². The monoisotopic (exact) mass is 533 g/mol. The molecule has 1 heterocycles. The lowest BCUT2D eigenvalue weighted by Gasteiger charge is -2.59. The van der Waals surface area contributed by atoms with Crippen LogP contribution in [0, 0.1) is 28.6 Å². The van der Waals surface area contributed by atoms with Crippen LogP contribution in [-0.2, 0) is 9.47 Å². The molecule has 5 nitrogen and oxygen atoms in total. The van der Waals surface area contributed by atoms with Crippen LogP contribution in [0.5, 0.6) is 5.75 Å². The number of halogens is 2. The topological polar surface area (TPSA) is 71.3 Å². The number of aliphatic imine (C=N–C) groups is 1. The average molecular weight is 535 g/mol. The fourth-order valence-corrected chi connectivity index (χ4v) is 9.21. The molecule has 6 rings (SSSR count). The first-order valence-electron chi connectivity index (χ1n) is 13.5. The summed E-state index contributed by atoms with van der Waals surface area (Å²) in [6, 6.07) is 3.15. The zero-order valence-electron chi connectivity index (χ0n) is 21.2. The van der Waals surface area contributed by atoms with Crippen LogP contribution in [0.4, 0.5) is 0 Å². The molecule has 2 N–H and O–H groups in total. The molecule has 1 spiro atoms. The second kappa shape index (κ2) is 8.71. The third-order valence-corrected chi connectivity index (χ3v) is 11.4. The van der Waals surface area contributed by atoms with Gasteiger partial charge in [0.2, 0.25) is 0 Å². The number of phenolic OH excluding ortho intramolecular Hbond substituents is 1. The normalized spacial score (nSPS) is 41.2. The van der Waals surface area contributed by atoms with E-state index in [4.69, 9.17) is 32.7 Å². The molecule has 1 aliphatic heterocycles. The van der Waals surface area contributed by atoms with Crippen molar-refractivity contribution in [3.63, 3.8) is 0 Å². The minimum atomic E-state index is -0.857. The number of phenols is 1. The fraction of sp³-hybridized carbons (Fsp3) is 0.690. The van der Waals surface area contributed by atoms with Gasteiger partial charge in [-0.05, 0) is 73.8 Å². The summed E-state index contributed by atoms with van der Waals surface area (Å²) in [6.45, 7) is 6.51. The van der Waals surface area contributed by atoms with Gasteiger partial charge in [-0.3, -0.25) is 4.99 Å². The number of benzene rings is 1. The smallest absolute Gasteiger partial charge is 0.172 e. The van der Waals surface area contributed by atoms with Crippen LogP contribution in [0.3, 0.4) is 0 Å². The van der Waals surface area contributed by atoms with Gasteiger partial charge in [-0.2, -0.15) is 0 Å². The number of fused-ring (bicyclic) bond motifs is 5. The minimum Gasteiger partial charge on any atom is -0.506 e. The van der Waals surface area contributed by atoms with E-state index < -0.39 is 5.60 Å². The van der Waals surface area contributed by atoms with Crippen LogP contribution in [0.25, 0.3) is 0 Å². The molecular weight excluding hydrogens is 497 g/mol. The summed E-state index contributed by atoms with van der Waals surface area (Å²) in [5.74, 6) is 1.30. The van der Waals surface area contributed by atoms with E-state index in [1.165, 1.54) is 6.07 Å². The van der Waals surface area contributed by atoms with E-state index in [-0.39, 0.29) is 27.4 Å². The summed E-state index contributed by atoms with van der Waals surface area (Å²) in [5, 5.41) is 22.9. The zero-order valence-corrected chi connectivity index (χ0v) is 22.7. The van der Waals surface area contributed by atoms with Crippen molar-refractivity contribution in [1.82, 2.24) is 0 Å². The van der Waals surface area contributed by atoms with Crippen LogP contribution < -0.4 is 0 Å². The van der Waals surface area contributed by atoms with Crippen molar-refractivity contribution in [3.8, 4) is 5.75 Å². The van der Waals surface area contributed by atoms with E-state index in [0.717, 1.165) is 51.4 Å². The van der Waals surface area contributed by atoms with Crippen LogP contribution in [0.1, 0.15) is 70.8 Å². The SMILES string of the molecule is C[C@]12CCC3(CC1=CC[C@@H]1[C@H]2CC[C@]2(C)[C@@H]1CC[C@@]2(O)CN=Cc1cc(Cl)cc(Cl)c1O)OCCO3. The quantitative estimate of drug-likeness (QED) is 0.341. The second-order valence-electron chi connectivity index (χ2n) is 12.4. The highest BCUT2D eigenvalue weighted by atomic mass is 35.5. The standard InChI is InChI=1S/C29H37Cl2NO4/c1-26-9-10-29(35-11-12-36-29)15-19(26)3-4-21-22(26)5-7-27(2)23(21)6-8-28(27,34)17-32-16-18-13-20(30)14-24(31)25(18)33/h3,13-14,16,21-23,33-34H,4-12,15,17H2,1-2H3/t21-,22-,23-,26+,27-,28-/m1/s1. The lowest BCUT2D eigenvalue weighted by Crippen LogP contribution is -2.56. The van der Waals surface area contributed by atoms with Crippen molar-refractivity contribution in [2.75, 3.05) is 19.8 Å². The van der Waals surface area contributed by atoms with Gasteiger partial charge in [0.1, 0.15) is 5.75 Å². The molecule has 1 saturated heterocycles. The summed E-state index contributed by atoms with van der Waals surface area (Å²) < 4.78 is 12.1. The Labute approximate surface area is 223 Å². The molecule has 0 unspecified atom stereocenters. The van der Waals surface area contributed by atoms with Crippen molar-refractivity contribution < 1.29 is 19.7 Å². The molecule has 36 heavy (non-hydrogen) atoms. The summed E-state index contributed by atoms with van der Waals surface area (Å²) in [4.78, 5) is 4.61. The molecule has 1 aromatic rings. The first-order valence-corrected chi connectivity index (χ1v) is 14.2. The van der Waals surface area contributed by atoms with Crippen LogP contribution >= 0.6 is 23.2 Å². The Morgan fingerprint density at radius 3 is 2.58 bits per heavy atom. The molecule has 3 saturated carbocycles. The number of nitrogens with zero attached hydrogens (tertiary/aromatic N) is 1. The summed E-state index contributed by atoms with van der Waals surface area (Å²) in [7, 11) is 0. The number of aromatic hydroxyl groups is 1. The van der Waals surface area contributed by atoms with E-state index in [0.29, 0.717) is 48.1 Å². The molecule has 0 bridgehead atoms. The Morgan fingerprint density at radius 2 is 1.81 bits per heavy atom. The van der Waals surface area contributed by atoms with Gasteiger partial charge in [-0.25, -0.2) is 0 Å². The Hall–Kier alpha value is -1.11. The lowest BCUT2D eigenvalue weighted by atomic mass is 9.46. The highest BCUT2D eigenvalue weighted by Crippen LogP contribution is 2.68. The predicted molar refractivity (Wildman–Crippen MR) is 142 cm³/mol. The molecule has 4 aliphatic carbocycles. The van der Waals surface area contributed by atoms with Crippen molar-refractivity contribution in [2.24, 2.45) is 33.6 Å². The number of hydrogen-bond acceptors (Lipinski definition) is 5. The van der Waals surface area contributed by atoms with Gasteiger partial charge in [0, 0.05) is 35.1 Å². The van der Waals surface area contributed by atoms with Gasteiger partial charge in [-0.15, -0.1) is 0 Å².